The third kappa shape index (κ3) is 3.43. The Labute approximate surface area is 165 Å². The molecule has 140 valence electrons. The molecule has 0 aromatic heterocycles. The van der Waals surface area contributed by atoms with E-state index in [0.717, 1.165) is 22.0 Å². The zero-order chi connectivity index (χ0) is 19.0. The van der Waals surface area contributed by atoms with Gasteiger partial charge in [0, 0.05) is 42.3 Å². The third-order valence-corrected chi connectivity index (χ3v) is 7.31. The lowest BCUT2D eigenvalue weighted by Gasteiger charge is -2.36. The molecule has 0 atom stereocenters. The fourth-order valence-corrected chi connectivity index (χ4v) is 5.46. The Hall–Kier alpha value is -2.08. The number of hydrogen-bond acceptors (Lipinski definition) is 3. The lowest BCUT2D eigenvalue weighted by Crippen LogP contribution is -2.48. The van der Waals surface area contributed by atoms with Crippen LogP contribution in [0.4, 0.5) is 5.69 Å². The molecule has 0 bridgehead atoms. The van der Waals surface area contributed by atoms with Gasteiger partial charge in [0.25, 0.3) is 0 Å². The van der Waals surface area contributed by atoms with Gasteiger partial charge in [0.1, 0.15) is 0 Å². The van der Waals surface area contributed by atoms with E-state index in [2.05, 4.69) is 4.90 Å². The summed E-state index contributed by atoms with van der Waals surface area (Å²) in [5.74, 6) is 0. The van der Waals surface area contributed by atoms with Gasteiger partial charge in [0.05, 0.1) is 4.90 Å². The van der Waals surface area contributed by atoms with Crippen LogP contribution in [0.2, 0.25) is 5.02 Å². The van der Waals surface area contributed by atoms with Gasteiger partial charge in [-0.3, -0.25) is 0 Å². The van der Waals surface area contributed by atoms with Crippen molar-refractivity contribution in [2.45, 2.75) is 11.8 Å². The van der Waals surface area contributed by atoms with Gasteiger partial charge in [-0.2, -0.15) is 4.31 Å². The molecular weight excluding hydrogens is 380 g/mol. The second kappa shape index (κ2) is 7.15. The summed E-state index contributed by atoms with van der Waals surface area (Å²) in [5.41, 5.74) is 2.22. The van der Waals surface area contributed by atoms with Crippen LogP contribution >= 0.6 is 11.6 Å². The van der Waals surface area contributed by atoms with E-state index in [0.29, 0.717) is 36.1 Å². The molecule has 4 rings (SSSR count). The molecule has 3 aromatic rings. The van der Waals surface area contributed by atoms with Crippen molar-refractivity contribution in [1.29, 1.82) is 0 Å². The van der Waals surface area contributed by atoms with Crippen LogP contribution in [0, 0.1) is 6.92 Å². The number of sulfonamides is 1. The van der Waals surface area contributed by atoms with Crippen molar-refractivity contribution in [3.05, 3.63) is 71.2 Å². The molecule has 4 nitrogen and oxygen atoms in total. The number of rotatable bonds is 3. The van der Waals surface area contributed by atoms with Crippen molar-refractivity contribution in [3.8, 4) is 0 Å². The van der Waals surface area contributed by atoms with Crippen molar-refractivity contribution in [1.82, 2.24) is 4.31 Å². The van der Waals surface area contributed by atoms with Crippen molar-refractivity contribution < 1.29 is 8.42 Å². The van der Waals surface area contributed by atoms with Crippen LogP contribution in [-0.2, 0) is 10.0 Å². The fraction of sp³-hybridized carbons (Fsp3) is 0.238. The Kier molecular flexibility index (Phi) is 4.84. The molecule has 1 aliphatic heterocycles. The van der Waals surface area contributed by atoms with E-state index in [9.17, 15) is 8.42 Å². The molecule has 0 spiro atoms. The predicted octanol–water partition coefficient (Wildman–Crippen LogP) is 4.31. The normalized spacial score (nSPS) is 16.0. The van der Waals surface area contributed by atoms with Crippen LogP contribution in [0.1, 0.15) is 5.56 Å². The van der Waals surface area contributed by atoms with Crippen LogP contribution in [0.5, 0.6) is 0 Å². The largest absolute Gasteiger partial charge is 0.369 e. The molecule has 1 heterocycles. The molecule has 6 heteroatoms. The maximum absolute atomic E-state index is 13.3. The van der Waals surface area contributed by atoms with E-state index in [4.69, 9.17) is 11.6 Å². The lowest BCUT2D eigenvalue weighted by atomic mass is 10.1. The van der Waals surface area contributed by atoms with Gasteiger partial charge in [0.15, 0.2) is 0 Å². The van der Waals surface area contributed by atoms with Gasteiger partial charge in [-0.15, -0.1) is 0 Å². The molecule has 1 aliphatic rings. The number of nitrogens with zero attached hydrogens (tertiary/aromatic N) is 2. The van der Waals surface area contributed by atoms with Crippen molar-refractivity contribution in [2.75, 3.05) is 31.1 Å². The number of benzene rings is 3. The Morgan fingerprint density at radius 1 is 0.889 bits per heavy atom. The average molecular weight is 401 g/mol. The summed E-state index contributed by atoms with van der Waals surface area (Å²) in [6, 6.07) is 18.9. The van der Waals surface area contributed by atoms with Crippen LogP contribution in [-0.4, -0.2) is 38.9 Å². The monoisotopic (exact) mass is 400 g/mol. The summed E-state index contributed by atoms with van der Waals surface area (Å²) in [6.07, 6.45) is 0. The molecule has 3 aromatic carbocycles. The van der Waals surface area contributed by atoms with Gasteiger partial charge in [0.2, 0.25) is 10.0 Å². The van der Waals surface area contributed by atoms with E-state index in [1.165, 1.54) is 0 Å². The Morgan fingerprint density at radius 2 is 1.59 bits per heavy atom. The van der Waals surface area contributed by atoms with Crippen molar-refractivity contribution in [2.24, 2.45) is 0 Å². The minimum Gasteiger partial charge on any atom is -0.369 e. The van der Waals surface area contributed by atoms with Crippen LogP contribution in [0.25, 0.3) is 10.8 Å². The molecule has 1 saturated heterocycles. The van der Waals surface area contributed by atoms with E-state index < -0.39 is 10.0 Å². The van der Waals surface area contributed by atoms with Crippen LogP contribution in [0.15, 0.2) is 65.6 Å². The molecule has 0 N–H and O–H groups in total. The summed E-state index contributed by atoms with van der Waals surface area (Å²) in [6.45, 7) is 4.25. The van der Waals surface area contributed by atoms with E-state index in [1.54, 1.807) is 16.4 Å². The van der Waals surface area contributed by atoms with E-state index >= 15 is 0 Å². The molecule has 0 amide bonds. The quantitative estimate of drug-likeness (QED) is 0.657. The Balaban J connectivity index is 1.59. The highest BCUT2D eigenvalue weighted by Gasteiger charge is 2.30. The van der Waals surface area contributed by atoms with Crippen LogP contribution in [0.3, 0.4) is 0 Å². The highest BCUT2D eigenvalue weighted by atomic mass is 35.5. The zero-order valence-corrected chi connectivity index (χ0v) is 16.7. The number of fused-ring (bicyclic) bond motifs is 1. The third-order valence-electron chi connectivity index (χ3n) is 5.12. The fourth-order valence-electron chi connectivity index (χ4n) is 3.65. The second-order valence-electron chi connectivity index (χ2n) is 6.80. The average Bonchev–Trinajstić information content (AvgIpc) is 2.69. The van der Waals surface area contributed by atoms with Crippen LogP contribution < -0.4 is 4.90 Å². The Morgan fingerprint density at radius 3 is 2.37 bits per heavy atom. The highest BCUT2D eigenvalue weighted by Crippen LogP contribution is 2.29. The highest BCUT2D eigenvalue weighted by molar-refractivity contribution is 7.89. The first-order valence-electron chi connectivity index (χ1n) is 8.96. The maximum Gasteiger partial charge on any atom is 0.243 e. The number of hydrogen-bond donors (Lipinski definition) is 0. The number of piperazine rings is 1. The minimum atomic E-state index is -3.53. The summed E-state index contributed by atoms with van der Waals surface area (Å²) in [4.78, 5) is 2.59. The lowest BCUT2D eigenvalue weighted by molar-refractivity contribution is 0.385. The maximum atomic E-state index is 13.3. The van der Waals surface area contributed by atoms with Crippen molar-refractivity contribution in [3.63, 3.8) is 0 Å². The molecule has 0 saturated carbocycles. The summed E-state index contributed by atoms with van der Waals surface area (Å²) >= 11 is 6.14. The first-order valence-corrected chi connectivity index (χ1v) is 10.8. The summed E-state index contributed by atoms with van der Waals surface area (Å²) < 4.78 is 28.1. The van der Waals surface area contributed by atoms with Gasteiger partial charge in [-0.1, -0.05) is 54.1 Å². The first-order chi connectivity index (χ1) is 13.0. The van der Waals surface area contributed by atoms with E-state index in [1.807, 2.05) is 55.5 Å². The van der Waals surface area contributed by atoms with Crippen molar-refractivity contribution >= 4 is 38.1 Å². The van der Waals surface area contributed by atoms with Gasteiger partial charge < -0.3 is 4.90 Å². The number of halogens is 1. The molecule has 27 heavy (non-hydrogen) atoms. The Bertz CT molecular complexity index is 1090. The van der Waals surface area contributed by atoms with Gasteiger partial charge in [-0.05, 0) is 36.1 Å². The SMILES string of the molecule is Cc1ccc(Cl)cc1N1CCN(S(=O)(=O)c2cccc3ccccc23)CC1. The smallest absolute Gasteiger partial charge is 0.243 e. The summed E-state index contributed by atoms with van der Waals surface area (Å²) in [7, 11) is -3.53. The standard InChI is InChI=1S/C21H21ClN2O2S/c1-16-9-10-18(22)15-20(16)23-11-13-24(14-12-23)27(25,26)21-8-4-6-17-5-2-3-7-19(17)21/h2-10,15H,11-14H2,1H3. The molecule has 0 aliphatic carbocycles. The van der Waals surface area contributed by atoms with Gasteiger partial charge >= 0.3 is 0 Å². The molecular formula is C21H21ClN2O2S. The topological polar surface area (TPSA) is 40.6 Å². The molecule has 0 unspecified atom stereocenters. The number of anilines is 1. The van der Waals surface area contributed by atoms with E-state index in [-0.39, 0.29) is 0 Å². The summed E-state index contributed by atoms with van der Waals surface area (Å²) in [5, 5.41) is 2.40. The minimum absolute atomic E-state index is 0.382. The predicted molar refractivity (Wildman–Crippen MR) is 111 cm³/mol. The molecule has 1 fully saturated rings. The second-order valence-corrected chi connectivity index (χ2v) is 9.14. The zero-order valence-electron chi connectivity index (χ0n) is 15.1. The first kappa shape index (κ1) is 18.3. The molecule has 0 radical (unpaired) electrons. The van der Waals surface area contributed by atoms with Gasteiger partial charge in [-0.25, -0.2) is 8.42 Å². The number of aryl methyl sites for hydroxylation is 1.